The first-order valence-corrected chi connectivity index (χ1v) is 35.3. The Morgan fingerprint density at radius 1 is 0.356 bits per heavy atom. The molecule has 104 heavy (non-hydrogen) atoms. The van der Waals surface area contributed by atoms with E-state index >= 15 is 0 Å². The monoisotopic (exact) mass is 1360 g/mol. The lowest BCUT2D eigenvalue weighted by atomic mass is 9.80. The maximum Gasteiger partial charge on any atom is 0.259 e. The van der Waals surface area contributed by atoms with E-state index in [0.717, 1.165) is 142 Å². The highest BCUT2D eigenvalue weighted by atomic mass is 16.5. The van der Waals surface area contributed by atoms with Crippen molar-refractivity contribution in [1.29, 1.82) is 0 Å². The minimum atomic E-state index is -0.297. The number of methoxy groups -OCH3 is 2. The molecule has 0 unspecified atom stereocenters. The van der Waals surface area contributed by atoms with Crippen LogP contribution in [0.1, 0.15) is 118 Å². The van der Waals surface area contributed by atoms with Gasteiger partial charge in [-0.3, -0.25) is 4.79 Å². The predicted octanol–water partition coefficient (Wildman–Crippen LogP) is 20.6. The first kappa shape index (κ1) is 71.7. The highest BCUT2D eigenvalue weighted by Crippen LogP contribution is 2.38. The molecule has 0 aliphatic carbocycles. The highest BCUT2D eigenvalue weighted by Gasteiger charge is 2.24. The second-order valence-corrected chi connectivity index (χ2v) is 30.1. The van der Waals surface area contributed by atoms with Crippen LogP contribution in [0.5, 0.6) is 11.5 Å². The summed E-state index contributed by atoms with van der Waals surface area (Å²) in [6.07, 6.45) is 0. The van der Waals surface area contributed by atoms with Crippen molar-refractivity contribution in [2.24, 2.45) is 0 Å². The van der Waals surface area contributed by atoms with Gasteiger partial charge in [0.05, 0.1) is 14.2 Å². The average Bonchev–Trinajstić information content (AvgIpc) is 0.737. The summed E-state index contributed by atoms with van der Waals surface area (Å²) in [5, 5.41) is 15.8. The van der Waals surface area contributed by atoms with Crippen LogP contribution in [-0.2, 0) is 16.4 Å². The molecule has 0 aliphatic heterocycles. The molecule has 0 atom stereocenters. The van der Waals surface area contributed by atoms with Gasteiger partial charge >= 0.3 is 0 Å². The van der Waals surface area contributed by atoms with Crippen LogP contribution in [0, 0.1) is 47.4 Å². The van der Waals surface area contributed by atoms with Crippen LogP contribution in [0.15, 0.2) is 229 Å². The zero-order valence-corrected chi connectivity index (χ0v) is 63.1. The van der Waals surface area contributed by atoms with Crippen LogP contribution in [0.25, 0.3) is 82.0 Å². The van der Waals surface area contributed by atoms with E-state index in [-0.39, 0.29) is 21.9 Å². The van der Waals surface area contributed by atoms with Gasteiger partial charge in [0.1, 0.15) is 11.5 Å². The third-order valence-electron chi connectivity index (χ3n) is 19.2. The van der Waals surface area contributed by atoms with Gasteiger partial charge in [-0.1, -0.05) is 199 Å². The summed E-state index contributed by atoms with van der Waals surface area (Å²) in [6.45, 7) is 23.8. The Balaban J connectivity index is 0.000000156. The number of nitrogens with zero attached hydrogens (tertiary/aromatic N) is 4. The summed E-state index contributed by atoms with van der Waals surface area (Å²) < 4.78 is 12.7. The molecule has 516 valence electrons. The molecule has 0 fully saturated rings. The van der Waals surface area contributed by atoms with Gasteiger partial charge in [-0.25, -0.2) is 0 Å². The Hall–Kier alpha value is -12.1. The lowest BCUT2D eigenvalue weighted by Gasteiger charge is -2.25. The second kappa shape index (κ2) is 29.4. The molecule has 7 heteroatoms. The molecule has 0 amide bonds. The van der Waals surface area contributed by atoms with Crippen LogP contribution in [-0.4, -0.2) is 61.1 Å². The summed E-state index contributed by atoms with van der Waals surface area (Å²) in [7, 11) is 15.6. The van der Waals surface area contributed by atoms with E-state index in [2.05, 4.69) is 310 Å². The zero-order chi connectivity index (χ0) is 73.9. The van der Waals surface area contributed by atoms with Crippen molar-refractivity contribution in [1.82, 2.24) is 4.57 Å². The Bertz CT molecular complexity index is 6010. The van der Waals surface area contributed by atoms with Crippen molar-refractivity contribution in [3.63, 3.8) is 0 Å². The van der Waals surface area contributed by atoms with Gasteiger partial charge in [-0.05, 0) is 218 Å². The van der Waals surface area contributed by atoms with E-state index in [1.807, 2.05) is 87.3 Å². The Morgan fingerprint density at radius 2 is 0.788 bits per heavy atom. The standard InChI is InChI=1S/C44H34O2.C34H34N2.C19H22N2O/c1-44(2,3)33-18-23-42-40(21-16-29-10-8-12-31-26-34(45-4)19-24-36(29)31)38-14-6-7-15-39(38)41(43(42)28-33)22-17-30-11-9-13-32-27-35(46-5)20-25-37(30)32;1-34(2,3)33-24-27(18-12-25-13-19-28(20-14-25)35(4)5)30-10-8-9-11-31(30)32(33)23-17-26-15-21-29(22-16-26)36(6)7;1-12-13-10-11-16(20(5)6)14-8-7-9-15(17(13)14)18(22)21(12)19(2,3)4/h6-15,18-20,23-28H,1-5H3;8-11,13-16,19-22,24H,1-7H3;7-11H,1H2,2-6H3. The molecule has 7 nitrogen and oxygen atoms in total. The molecule has 0 aliphatic rings. The van der Waals surface area contributed by atoms with Gasteiger partial charge in [0.2, 0.25) is 0 Å². The van der Waals surface area contributed by atoms with Gasteiger partial charge in [0, 0.05) is 136 Å². The molecule has 0 radical (unpaired) electrons. The maximum absolute atomic E-state index is 13.0. The van der Waals surface area contributed by atoms with Crippen molar-refractivity contribution in [3.8, 4) is 58.9 Å². The highest BCUT2D eigenvalue weighted by molar-refractivity contribution is 6.14. The fraction of sp³-hybridized carbons (Fsp3) is 0.206. The van der Waals surface area contributed by atoms with Gasteiger partial charge in [-0.2, -0.15) is 0 Å². The van der Waals surface area contributed by atoms with Crippen molar-refractivity contribution < 1.29 is 9.47 Å². The van der Waals surface area contributed by atoms with Gasteiger partial charge in [0.25, 0.3) is 5.56 Å². The van der Waals surface area contributed by atoms with E-state index in [1.165, 1.54) is 22.5 Å². The summed E-state index contributed by atoms with van der Waals surface area (Å²) in [4.78, 5) is 19.3. The molecule has 1 heterocycles. The normalized spacial score (nSPS) is 11.3. The number of aromatic nitrogens is 1. The summed E-state index contributed by atoms with van der Waals surface area (Å²) in [5.74, 6) is 29.8. The molecule has 0 N–H and O–H groups in total. The Morgan fingerprint density at radius 3 is 1.28 bits per heavy atom. The van der Waals surface area contributed by atoms with Crippen LogP contribution >= 0.6 is 0 Å². The van der Waals surface area contributed by atoms with Crippen molar-refractivity contribution in [2.75, 3.05) is 71.2 Å². The number of hydrogen-bond acceptors (Lipinski definition) is 6. The number of hydrogen-bond donors (Lipinski definition) is 0. The van der Waals surface area contributed by atoms with Gasteiger partial charge in [0.15, 0.2) is 0 Å². The summed E-state index contributed by atoms with van der Waals surface area (Å²) in [6, 6.07) is 77.7. The number of fused-ring (bicyclic) bond motifs is 5. The average molecular weight is 1360 g/mol. The summed E-state index contributed by atoms with van der Waals surface area (Å²) >= 11 is 0. The van der Waals surface area contributed by atoms with Crippen LogP contribution in [0.4, 0.5) is 17.1 Å². The smallest absolute Gasteiger partial charge is 0.259 e. The van der Waals surface area contributed by atoms with E-state index in [0.29, 0.717) is 0 Å². The van der Waals surface area contributed by atoms with E-state index in [1.54, 1.807) is 18.8 Å². The Labute approximate surface area is 614 Å². The number of anilines is 3. The Kier molecular flexibility index (Phi) is 20.3. The van der Waals surface area contributed by atoms with Crippen molar-refractivity contribution >= 4 is 99.0 Å². The van der Waals surface area contributed by atoms with E-state index < -0.39 is 0 Å². The number of pyridine rings is 1. The van der Waals surface area contributed by atoms with Crippen LogP contribution in [0.3, 0.4) is 0 Å². The number of ether oxygens (including phenoxy) is 2. The lowest BCUT2D eigenvalue weighted by molar-refractivity contribution is 0.379. The SMILES string of the molecule is C=c1c2ccc(N(C)C)c3cccc(c(=O)n1C(C)(C)C)c32.CN(C)c1ccc(C#Cc2cc(C(C)(C)C)c(C#Cc3ccc(N(C)C)cc3)c3ccccc23)cc1.COc1ccc2c(C#Cc3c4ccccc4c(C#Cc4cccc5cc(OC)ccc45)c4cc(C(C)(C)C)ccc34)cccc2c1. The topological polar surface area (TPSA) is 50.2 Å². The lowest BCUT2D eigenvalue weighted by Crippen LogP contribution is -2.43. The van der Waals surface area contributed by atoms with E-state index in [9.17, 15) is 4.79 Å². The molecule has 14 aromatic rings. The minimum absolute atomic E-state index is 0.0188. The van der Waals surface area contributed by atoms with Gasteiger partial charge < -0.3 is 28.7 Å². The molecular weight excluding hydrogens is 1270 g/mol. The molecule has 0 spiro atoms. The van der Waals surface area contributed by atoms with Crippen molar-refractivity contribution in [2.45, 2.75) is 78.7 Å². The molecule has 0 saturated carbocycles. The van der Waals surface area contributed by atoms with Gasteiger partial charge in [-0.15, -0.1) is 0 Å². The predicted molar refractivity (Wildman–Crippen MR) is 445 cm³/mol. The molecule has 1 aromatic heterocycles. The minimum Gasteiger partial charge on any atom is -0.497 e. The van der Waals surface area contributed by atoms with Crippen LogP contribution < -0.4 is 35.1 Å². The zero-order valence-electron chi connectivity index (χ0n) is 63.1. The molecule has 0 saturated heterocycles. The first-order chi connectivity index (χ1) is 49.7. The third kappa shape index (κ3) is 15.0. The van der Waals surface area contributed by atoms with E-state index in [4.69, 9.17) is 9.47 Å². The largest absolute Gasteiger partial charge is 0.497 e. The molecule has 14 rings (SSSR count). The summed E-state index contributed by atoms with van der Waals surface area (Å²) in [5.41, 5.74) is 13.7. The fourth-order valence-corrected chi connectivity index (χ4v) is 13.6. The quantitative estimate of drug-likeness (QED) is 0.126. The molecule has 0 bridgehead atoms. The molecular formula is C97H90N4O3. The second-order valence-electron chi connectivity index (χ2n) is 30.1. The van der Waals surface area contributed by atoms with Crippen molar-refractivity contribution in [3.05, 3.63) is 296 Å². The molecule has 13 aromatic carbocycles. The number of rotatable bonds is 5. The fourth-order valence-electron chi connectivity index (χ4n) is 13.6. The number of benzene rings is 13. The maximum atomic E-state index is 13.0. The first-order valence-electron chi connectivity index (χ1n) is 35.3. The third-order valence-corrected chi connectivity index (χ3v) is 19.2. The van der Waals surface area contributed by atoms with Crippen LogP contribution in [0.2, 0.25) is 0 Å².